The molecular weight excluding hydrogens is 273 g/mol. The van der Waals surface area contributed by atoms with Crippen molar-refractivity contribution < 1.29 is 13.2 Å². The molecule has 0 radical (unpaired) electrons. The van der Waals surface area contributed by atoms with E-state index >= 15 is 0 Å². The predicted molar refractivity (Wildman–Crippen MR) is 70.2 cm³/mol. The van der Waals surface area contributed by atoms with Crippen LogP contribution in [0.1, 0.15) is 25.3 Å². The zero-order chi connectivity index (χ0) is 13.9. The van der Waals surface area contributed by atoms with Crippen molar-refractivity contribution in [2.75, 3.05) is 12.3 Å². The third kappa shape index (κ3) is 4.69. The van der Waals surface area contributed by atoms with Crippen molar-refractivity contribution in [3.05, 3.63) is 23.9 Å². The van der Waals surface area contributed by atoms with Gasteiger partial charge in [-0.25, -0.2) is 4.98 Å². The van der Waals surface area contributed by atoms with Gasteiger partial charge in [-0.15, -0.1) is 11.8 Å². The van der Waals surface area contributed by atoms with Gasteiger partial charge < -0.3 is 5.32 Å². The third-order valence-electron chi connectivity index (χ3n) is 3.21. The first kappa shape index (κ1) is 14.7. The van der Waals surface area contributed by atoms with Crippen molar-refractivity contribution in [3.63, 3.8) is 0 Å². The van der Waals surface area contributed by atoms with Crippen LogP contribution < -0.4 is 5.32 Å². The number of hydrogen-bond donors (Lipinski definition) is 1. The Morgan fingerprint density at radius 1 is 1.42 bits per heavy atom. The fraction of sp³-hybridized carbons (Fsp3) is 0.615. The molecule has 1 aromatic heterocycles. The maximum Gasteiger partial charge on any atom is 0.417 e. The summed E-state index contributed by atoms with van der Waals surface area (Å²) in [4.78, 5) is 3.82. The van der Waals surface area contributed by atoms with E-state index in [4.69, 9.17) is 0 Å². The van der Waals surface area contributed by atoms with Crippen LogP contribution in [-0.4, -0.2) is 23.3 Å². The van der Waals surface area contributed by atoms with E-state index in [9.17, 15) is 13.2 Å². The van der Waals surface area contributed by atoms with Crippen molar-refractivity contribution >= 4 is 11.8 Å². The van der Waals surface area contributed by atoms with Gasteiger partial charge in [0, 0.05) is 24.5 Å². The minimum Gasteiger partial charge on any atom is -0.313 e. The standard InChI is InChI=1S/C13H17F3N2S/c1-9(10-2-3-10)17-6-7-19-12-5-4-11(8-18-12)13(14,15)16/h4-5,8-10,17H,2-3,6-7H2,1H3. The smallest absolute Gasteiger partial charge is 0.313 e. The summed E-state index contributed by atoms with van der Waals surface area (Å²) in [6.45, 7) is 3.03. The average molecular weight is 290 g/mol. The molecule has 0 saturated heterocycles. The Hall–Kier alpha value is -0.750. The van der Waals surface area contributed by atoms with E-state index in [1.165, 1.54) is 30.7 Å². The van der Waals surface area contributed by atoms with E-state index in [-0.39, 0.29) is 0 Å². The Morgan fingerprint density at radius 2 is 2.16 bits per heavy atom. The minimum absolute atomic E-state index is 0.543. The molecule has 1 fully saturated rings. The highest BCUT2D eigenvalue weighted by molar-refractivity contribution is 7.99. The first-order valence-corrected chi connectivity index (χ1v) is 7.35. The Balaban J connectivity index is 1.70. The molecule has 1 saturated carbocycles. The van der Waals surface area contributed by atoms with Crippen LogP contribution >= 0.6 is 11.8 Å². The van der Waals surface area contributed by atoms with Gasteiger partial charge in [0.15, 0.2) is 0 Å². The molecule has 6 heteroatoms. The fourth-order valence-corrected chi connectivity index (χ4v) is 2.56. The molecule has 1 N–H and O–H groups in total. The number of halogens is 3. The van der Waals surface area contributed by atoms with Crippen molar-refractivity contribution in [2.45, 2.75) is 37.0 Å². The molecule has 0 aromatic carbocycles. The topological polar surface area (TPSA) is 24.9 Å². The van der Waals surface area contributed by atoms with Crippen LogP contribution in [0.2, 0.25) is 0 Å². The SMILES string of the molecule is CC(NCCSc1ccc(C(F)(F)F)cn1)C1CC1. The Bertz CT molecular complexity index is 401. The van der Waals surface area contributed by atoms with E-state index in [1.807, 2.05) is 0 Å². The van der Waals surface area contributed by atoms with Gasteiger partial charge in [-0.05, 0) is 37.8 Å². The number of pyridine rings is 1. The summed E-state index contributed by atoms with van der Waals surface area (Å²) in [6.07, 6.45) is -0.802. The highest BCUT2D eigenvalue weighted by atomic mass is 32.2. The summed E-state index contributed by atoms with van der Waals surface area (Å²) < 4.78 is 37.0. The summed E-state index contributed by atoms with van der Waals surface area (Å²) in [5.41, 5.74) is -0.697. The quantitative estimate of drug-likeness (QED) is 0.640. The first-order valence-electron chi connectivity index (χ1n) is 6.36. The molecule has 0 amide bonds. The van der Waals surface area contributed by atoms with Crippen molar-refractivity contribution in [1.82, 2.24) is 10.3 Å². The minimum atomic E-state index is -4.31. The van der Waals surface area contributed by atoms with E-state index in [0.717, 1.165) is 30.5 Å². The number of nitrogens with one attached hydrogen (secondary N) is 1. The van der Waals surface area contributed by atoms with Crippen LogP contribution in [-0.2, 0) is 6.18 Å². The summed E-state index contributed by atoms with van der Waals surface area (Å²) in [5, 5.41) is 4.06. The van der Waals surface area contributed by atoms with Gasteiger partial charge in [-0.1, -0.05) is 0 Å². The zero-order valence-electron chi connectivity index (χ0n) is 10.7. The molecule has 0 aliphatic heterocycles. The molecule has 2 nitrogen and oxygen atoms in total. The Labute approximate surface area is 115 Å². The summed E-state index contributed by atoms with van der Waals surface area (Å²) in [5.74, 6) is 1.63. The average Bonchev–Trinajstić information content (AvgIpc) is 3.18. The monoisotopic (exact) mass is 290 g/mol. The molecular formula is C13H17F3N2S. The van der Waals surface area contributed by atoms with Crippen molar-refractivity contribution in [1.29, 1.82) is 0 Å². The van der Waals surface area contributed by atoms with Crippen LogP contribution in [0.3, 0.4) is 0 Å². The predicted octanol–water partition coefficient (Wildman–Crippen LogP) is 3.58. The number of nitrogens with zero attached hydrogens (tertiary/aromatic N) is 1. The molecule has 1 aliphatic carbocycles. The van der Waals surface area contributed by atoms with E-state index < -0.39 is 11.7 Å². The van der Waals surface area contributed by atoms with Crippen LogP contribution in [0.25, 0.3) is 0 Å². The van der Waals surface area contributed by atoms with Gasteiger partial charge in [0.1, 0.15) is 0 Å². The fourth-order valence-electron chi connectivity index (χ4n) is 1.84. The highest BCUT2D eigenvalue weighted by Crippen LogP contribution is 2.32. The summed E-state index contributed by atoms with van der Waals surface area (Å²) >= 11 is 1.47. The van der Waals surface area contributed by atoms with Gasteiger partial charge in [-0.3, -0.25) is 0 Å². The van der Waals surface area contributed by atoms with Gasteiger partial charge in [0.05, 0.1) is 10.6 Å². The molecule has 1 heterocycles. The van der Waals surface area contributed by atoms with Crippen LogP contribution in [0.4, 0.5) is 13.2 Å². The van der Waals surface area contributed by atoms with Gasteiger partial charge in [0.25, 0.3) is 0 Å². The number of thioether (sulfide) groups is 1. The molecule has 1 unspecified atom stereocenters. The molecule has 2 rings (SSSR count). The number of aromatic nitrogens is 1. The van der Waals surface area contributed by atoms with Crippen LogP contribution in [0, 0.1) is 5.92 Å². The number of rotatable bonds is 6. The second-order valence-electron chi connectivity index (χ2n) is 4.81. The lowest BCUT2D eigenvalue weighted by molar-refractivity contribution is -0.137. The molecule has 1 aromatic rings. The lowest BCUT2D eigenvalue weighted by atomic mass is 10.2. The van der Waals surface area contributed by atoms with E-state index in [0.29, 0.717) is 11.1 Å². The maximum absolute atomic E-state index is 12.3. The zero-order valence-corrected chi connectivity index (χ0v) is 11.5. The molecule has 1 aliphatic rings. The van der Waals surface area contributed by atoms with Gasteiger partial charge in [0.2, 0.25) is 0 Å². The van der Waals surface area contributed by atoms with Crippen LogP contribution in [0.15, 0.2) is 23.4 Å². The molecule has 0 bridgehead atoms. The van der Waals surface area contributed by atoms with Gasteiger partial charge >= 0.3 is 6.18 Å². The maximum atomic E-state index is 12.3. The molecule has 0 spiro atoms. The molecule has 1 atom stereocenters. The van der Waals surface area contributed by atoms with Crippen molar-refractivity contribution in [3.8, 4) is 0 Å². The third-order valence-corrected chi connectivity index (χ3v) is 4.16. The lowest BCUT2D eigenvalue weighted by Crippen LogP contribution is -2.29. The number of hydrogen-bond acceptors (Lipinski definition) is 3. The second kappa shape index (κ2) is 6.13. The summed E-state index contributed by atoms with van der Waals surface area (Å²) in [6, 6.07) is 3.05. The highest BCUT2D eigenvalue weighted by Gasteiger charge is 2.30. The first-order chi connectivity index (χ1) is 8.97. The normalized spacial score (nSPS) is 17.5. The van der Waals surface area contributed by atoms with Gasteiger partial charge in [-0.2, -0.15) is 13.2 Å². The van der Waals surface area contributed by atoms with Crippen molar-refractivity contribution in [2.24, 2.45) is 5.92 Å². The number of alkyl halides is 3. The van der Waals surface area contributed by atoms with E-state index in [2.05, 4.69) is 17.2 Å². The Morgan fingerprint density at radius 3 is 2.68 bits per heavy atom. The lowest BCUT2D eigenvalue weighted by Gasteiger charge is -2.12. The largest absolute Gasteiger partial charge is 0.417 e. The second-order valence-corrected chi connectivity index (χ2v) is 5.93. The molecule has 106 valence electrons. The molecule has 19 heavy (non-hydrogen) atoms. The Kier molecular flexibility index (Phi) is 4.73. The van der Waals surface area contributed by atoms with Crippen LogP contribution in [0.5, 0.6) is 0 Å². The van der Waals surface area contributed by atoms with E-state index in [1.54, 1.807) is 0 Å². The summed E-state index contributed by atoms with van der Waals surface area (Å²) in [7, 11) is 0.